The summed E-state index contributed by atoms with van der Waals surface area (Å²) in [5, 5.41) is 0.635. The van der Waals surface area contributed by atoms with E-state index in [1.54, 1.807) is 6.07 Å². The minimum Gasteiger partial charge on any atom is -0.384 e. The van der Waals surface area contributed by atoms with Crippen LogP contribution >= 0.6 is 11.8 Å². The van der Waals surface area contributed by atoms with Gasteiger partial charge < -0.3 is 5.73 Å². The van der Waals surface area contributed by atoms with Crippen molar-refractivity contribution in [2.24, 2.45) is 23.2 Å². The molecule has 0 amide bonds. The highest BCUT2D eigenvalue weighted by molar-refractivity contribution is 7.99. The molecule has 22 heavy (non-hydrogen) atoms. The molecular formula is C17H23N3OS. The van der Waals surface area contributed by atoms with Gasteiger partial charge in [0.2, 0.25) is 0 Å². The molecule has 5 rings (SSSR count). The molecule has 4 nitrogen and oxygen atoms in total. The molecule has 4 bridgehead atoms. The summed E-state index contributed by atoms with van der Waals surface area (Å²) >= 11 is 1.45. The van der Waals surface area contributed by atoms with Crippen molar-refractivity contribution in [2.45, 2.75) is 50.6 Å². The second kappa shape index (κ2) is 5.22. The van der Waals surface area contributed by atoms with Crippen LogP contribution in [0.1, 0.15) is 44.2 Å². The molecule has 0 atom stereocenters. The minimum absolute atomic E-state index is 0.0167. The minimum atomic E-state index is -0.0167. The Labute approximate surface area is 135 Å². The fourth-order valence-electron chi connectivity index (χ4n) is 5.36. The van der Waals surface area contributed by atoms with Crippen LogP contribution in [0.2, 0.25) is 0 Å². The average Bonchev–Trinajstić information content (AvgIpc) is 2.42. The number of nitrogen functional groups attached to an aromatic ring is 1. The van der Waals surface area contributed by atoms with E-state index in [9.17, 15) is 4.79 Å². The standard InChI is InChI=1S/C17H23N3OS/c1-10-2-15(18)20-16(19-10)22-9-14(21)17-6-11-3-12(7-17)5-13(4-11)8-17/h2,11-13H,3-9H2,1H3,(H2,18,19,20). The van der Waals surface area contributed by atoms with E-state index < -0.39 is 0 Å². The smallest absolute Gasteiger partial charge is 0.190 e. The summed E-state index contributed by atoms with van der Waals surface area (Å²) in [6.07, 6.45) is 7.52. The number of carbonyl (C=O) groups excluding carboxylic acids is 1. The van der Waals surface area contributed by atoms with E-state index in [0.717, 1.165) is 42.7 Å². The SMILES string of the molecule is Cc1cc(N)nc(SCC(=O)C23CC4CC(CC(C4)C2)C3)n1. The lowest BCUT2D eigenvalue weighted by Crippen LogP contribution is -2.50. The lowest BCUT2D eigenvalue weighted by atomic mass is 9.48. The zero-order valence-corrected chi connectivity index (χ0v) is 13.9. The number of nitrogens with two attached hydrogens (primary N) is 1. The highest BCUT2D eigenvalue weighted by atomic mass is 32.2. The second-order valence-corrected chi connectivity index (χ2v) is 8.57. The lowest BCUT2D eigenvalue weighted by molar-refractivity contribution is -0.141. The monoisotopic (exact) mass is 317 g/mol. The molecule has 5 heteroatoms. The quantitative estimate of drug-likeness (QED) is 0.682. The van der Waals surface area contributed by atoms with Crippen molar-refractivity contribution in [3.05, 3.63) is 11.8 Å². The Morgan fingerprint density at radius 2 is 1.82 bits per heavy atom. The topological polar surface area (TPSA) is 68.9 Å². The summed E-state index contributed by atoms with van der Waals surface area (Å²) in [5.41, 5.74) is 6.60. The molecule has 1 aromatic rings. The van der Waals surface area contributed by atoms with Crippen LogP contribution in [0.4, 0.5) is 5.82 Å². The maximum Gasteiger partial charge on any atom is 0.190 e. The van der Waals surface area contributed by atoms with E-state index in [-0.39, 0.29) is 5.41 Å². The number of nitrogens with zero attached hydrogens (tertiary/aromatic N) is 2. The van der Waals surface area contributed by atoms with Gasteiger partial charge in [-0.3, -0.25) is 4.79 Å². The number of anilines is 1. The van der Waals surface area contributed by atoms with E-state index in [4.69, 9.17) is 5.73 Å². The molecule has 4 fully saturated rings. The Kier molecular flexibility index (Phi) is 3.44. The number of hydrogen-bond donors (Lipinski definition) is 1. The van der Waals surface area contributed by atoms with E-state index in [2.05, 4.69) is 9.97 Å². The predicted octanol–water partition coefficient (Wildman–Crippen LogP) is 3.24. The Morgan fingerprint density at radius 3 is 2.36 bits per heavy atom. The molecule has 4 aliphatic rings. The van der Waals surface area contributed by atoms with Crippen LogP contribution in [0.3, 0.4) is 0 Å². The van der Waals surface area contributed by atoms with E-state index >= 15 is 0 Å². The van der Waals surface area contributed by atoms with Crippen LogP contribution in [0, 0.1) is 30.1 Å². The van der Waals surface area contributed by atoms with Gasteiger partial charge in [-0.2, -0.15) is 0 Å². The molecule has 0 spiro atoms. The fourth-order valence-corrected chi connectivity index (χ4v) is 6.31. The molecule has 0 radical (unpaired) electrons. The molecule has 118 valence electrons. The van der Waals surface area contributed by atoms with Crippen LogP contribution in [0.25, 0.3) is 0 Å². The van der Waals surface area contributed by atoms with Crippen LogP contribution in [0.15, 0.2) is 11.2 Å². The first-order chi connectivity index (χ1) is 10.5. The molecule has 0 saturated heterocycles. The summed E-state index contributed by atoms with van der Waals surface area (Å²) in [4.78, 5) is 21.5. The van der Waals surface area contributed by atoms with Crippen molar-refractivity contribution in [1.82, 2.24) is 9.97 Å². The highest BCUT2D eigenvalue weighted by Crippen LogP contribution is 2.60. The summed E-state index contributed by atoms with van der Waals surface area (Å²) < 4.78 is 0. The molecular weight excluding hydrogens is 294 g/mol. The number of thioether (sulfide) groups is 1. The third-order valence-corrected chi connectivity index (χ3v) is 6.66. The Balaban J connectivity index is 1.46. The summed E-state index contributed by atoms with van der Waals surface area (Å²) in [7, 11) is 0. The largest absolute Gasteiger partial charge is 0.384 e. The number of Topliss-reactive ketones (excluding diaryl/α,β-unsaturated/α-hetero) is 1. The zero-order chi connectivity index (χ0) is 15.3. The van der Waals surface area contributed by atoms with Crippen molar-refractivity contribution >= 4 is 23.4 Å². The molecule has 4 saturated carbocycles. The van der Waals surface area contributed by atoms with Gasteiger partial charge in [0, 0.05) is 17.2 Å². The van der Waals surface area contributed by atoms with Gasteiger partial charge in [0.1, 0.15) is 11.6 Å². The number of ketones is 1. The summed E-state index contributed by atoms with van der Waals surface area (Å²) in [6, 6.07) is 1.75. The van der Waals surface area contributed by atoms with Crippen molar-refractivity contribution in [3.63, 3.8) is 0 Å². The zero-order valence-electron chi connectivity index (χ0n) is 13.0. The molecule has 1 heterocycles. The Morgan fingerprint density at radius 1 is 1.23 bits per heavy atom. The molecule has 0 aromatic carbocycles. The normalized spacial score (nSPS) is 35.8. The van der Waals surface area contributed by atoms with Gasteiger partial charge in [-0.1, -0.05) is 11.8 Å². The second-order valence-electron chi connectivity index (χ2n) is 7.63. The van der Waals surface area contributed by atoms with Crippen LogP contribution in [0.5, 0.6) is 0 Å². The first kappa shape index (κ1) is 14.5. The van der Waals surface area contributed by atoms with Crippen molar-refractivity contribution < 1.29 is 4.79 Å². The van der Waals surface area contributed by atoms with Gasteiger partial charge in [0.05, 0.1) is 5.75 Å². The Hall–Kier alpha value is -1.10. The maximum absolute atomic E-state index is 12.9. The lowest BCUT2D eigenvalue weighted by Gasteiger charge is -2.56. The Bertz CT molecular complexity index is 560. The number of aromatic nitrogens is 2. The maximum atomic E-state index is 12.9. The third-order valence-electron chi connectivity index (χ3n) is 5.82. The van der Waals surface area contributed by atoms with Crippen molar-refractivity contribution in [1.29, 1.82) is 0 Å². The van der Waals surface area contributed by atoms with Gasteiger partial charge in [-0.05, 0) is 63.2 Å². The number of carbonyl (C=O) groups is 1. The number of aryl methyl sites for hydroxylation is 1. The van der Waals surface area contributed by atoms with Gasteiger partial charge in [-0.15, -0.1) is 0 Å². The number of hydrogen-bond acceptors (Lipinski definition) is 5. The first-order valence-corrected chi connectivity index (χ1v) is 9.28. The molecule has 2 N–H and O–H groups in total. The third kappa shape index (κ3) is 2.53. The van der Waals surface area contributed by atoms with Gasteiger partial charge >= 0.3 is 0 Å². The van der Waals surface area contributed by atoms with Gasteiger partial charge in [0.15, 0.2) is 5.16 Å². The molecule has 0 unspecified atom stereocenters. The molecule has 0 aliphatic heterocycles. The van der Waals surface area contributed by atoms with Crippen molar-refractivity contribution in [3.8, 4) is 0 Å². The van der Waals surface area contributed by atoms with E-state index in [1.165, 1.54) is 31.0 Å². The molecule has 4 aliphatic carbocycles. The van der Waals surface area contributed by atoms with E-state index in [1.807, 2.05) is 6.92 Å². The van der Waals surface area contributed by atoms with Crippen molar-refractivity contribution in [2.75, 3.05) is 11.5 Å². The van der Waals surface area contributed by atoms with Gasteiger partial charge in [-0.25, -0.2) is 9.97 Å². The van der Waals surface area contributed by atoms with Crippen LogP contribution < -0.4 is 5.73 Å². The van der Waals surface area contributed by atoms with Crippen LogP contribution in [-0.2, 0) is 4.79 Å². The average molecular weight is 317 g/mol. The predicted molar refractivity (Wildman–Crippen MR) is 87.5 cm³/mol. The van der Waals surface area contributed by atoms with Gasteiger partial charge in [0.25, 0.3) is 0 Å². The van der Waals surface area contributed by atoms with E-state index in [0.29, 0.717) is 22.5 Å². The fraction of sp³-hybridized carbons (Fsp3) is 0.706. The molecule has 1 aromatic heterocycles. The number of rotatable bonds is 4. The van der Waals surface area contributed by atoms with Crippen LogP contribution in [-0.4, -0.2) is 21.5 Å². The first-order valence-electron chi connectivity index (χ1n) is 8.30. The summed E-state index contributed by atoms with van der Waals surface area (Å²) in [5.74, 6) is 3.84. The highest BCUT2D eigenvalue weighted by Gasteiger charge is 2.54. The summed E-state index contributed by atoms with van der Waals surface area (Å²) in [6.45, 7) is 1.91.